The molecule has 0 aliphatic carbocycles. The number of rotatable bonds is 10. The maximum absolute atomic E-state index is 14.4. The molecule has 0 radical (unpaired) electrons. The van der Waals surface area contributed by atoms with Crippen molar-refractivity contribution in [2.75, 3.05) is 13.2 Å². The van der Waals surface area contributed by atoms with Gasteiger partial charge < -0.3 is 14.2 Å². The molecule has 4 aromatic rings. The Morgan fingerprint density at radius 3 is 2.35 bits per heavy atom. The number of nitro benzene ring substituents is 1. The van der Waals surface area contributed by atoms with Crippen LogP contribution in [0.25, 0.3) is 6.08 Å². The molecule has 48 heavy (non-hydrogen) atoms. The fourth-order valence-corrected chi connectivity index (χ4v) is 6.30. The first-order valence-corrected chi connectivity index (χ1v) is 15.8. The van der Waals surface area contributed by atoms with Gasteiger partial charge in [0.15, 0.2) is 22.0 Å². The molecule has 0 unspecified atom stereocenters. The Kier molecular flexibility index (Phi) is 10.3. The standard InChI is InChI=1S/C32H24Cl2F3N3O7S/c1-3-45-23-14-18(13-22(34)27(23)47-16-17-5-11-21(12-6-17)40(43)44)15-24-29(41)39-26(19-7-9-20(33)10-8-19)25(30(42)46-4-2)28(32(35,36)37)38-31(39)48-24/h5-15,26H,3-4,16H2,1-2H3/b24-15-/t26-/m1/s1. The minimum atomic E-state index is -5.05. The summed E-state index contributed by atoms with van der Waals surface area (Å²) in [6.45, 7) is 3.20. The van der Waals surface area contributed by atoms with E-state index >= 15 is 0 Å². The topological polar surface area (TPSA) is 122 Å². The van der Waals surface area contributed by atoms with Crippen molar-refractivity contribution < 1.29 is 37.1 Å². The number of nitro groups is 1. The number of aromatic nitrogens is 1. The summed E-state index contributed by atoms with van der Waals surface area (Å²) in [4.78, 5) is 40.8. The largest absolute Gasteiger partial charge is 0.490 e. The lowest BCUT2D eigenvalue weighted by molar-refractivity contribution is -0.384. The van der Waals surface area contributed by atoms with Gasteiger partial charge in [-0.2, -0.15) is 13.2 Å². The van der Waals surface area contributed by atoms with Crippen LogP contribution in [0.3, 0.4) is 0 Å². The minimum absolute atomic E-state index is 0.00240. The van der Waals surface area contributed by atoms with E-state index in [0.717, 1.165) is 4.57 Å². The number of fused-ring (bicyclic) bond motifs is 1. The number of hydrogen-bond acceptors (Lipinski definition) is 9. The highest BCUT2D eigenvalue weighted by Gasteiger charge is 2.45. The predicted molar refractivity (Wildman–Crippen MR) is 172 cm³/mol. The highest BCUT2D eigenvalue weighted by molar-refractivity contribution is 7.07. The Morgan fingerprint density at radius 2 is 1.75 bits per heavy atom. The lowest BCUT2D eigenvalue weighted by Crippen LogP contribution is -2.41. The van der Waals surface area contributed by atoms with Gasteiger partial charge in [-0.15, -0.1) is 0 Å². The van der Waals surface area contributed by atoms with Gasteiger partial charge in [0.05, 0.1) is 39.3 Å². The van der Waals surface area contributed by atoms with E-state index in [1.54, 1.807) is 13.0 Å². The number of nitrogens with zero attached hydrogens (tertiary/aromatic N) is 3. The van der Waals surface area contributed by atoms with Gasteiger partial charge in [0, 0.05) is 17.2 Å². The molecule has 3 aromatic carbocycles. The molecule has 1 atom stereocenters. The molecule has 1 aliphatic rings. The molecular formula is C32H24Cl2F3N3O7S. The number of esters is 1. The molecule has 16 heteroatoms. The molecule has 250 valence electrons. The third kappa shape index (κ3) is 7.25. The van der Waals surface area contributed by atoms with Gasteiger partial charge in [-0.05, 0) is 73.0 Å². The number of halogens is 5. The Morgan fingerprint density at radius 1 is 1.06 bits per heavy atom. The van der Waals surface area contributed by atoms with Crippen molar-refractivity contribution in [3.63, 3.8) is 0 Å². The van der Waals surface area contributed by atoms with E-state index < -0.39 is 39.9 Å². The van der Waals surface area contributed by atoms with Crippen LogP contribution in [0.2, 0.25) is 10.0 Å². The van der Waals surface area contributed by atoms with E-state index in [0.29, 0.717) is 27.5 Å². The summed E-state index contributed by atoms with van der Waals surface area (Å²) in [6, 6.07) is 13.0. The molecule has 5 rings (SSSR count). The van der Waals surface area contributed by atoms with Crippen LogP contribution in [-0.2, 0) is 16.1 Å². The summed E-state index contributed by atoms with van der Waals surface area (Å²) in [5.74, 6) is -0.874. The van der Waals surface area contributed by atoms with Crippen LogP contribution in [0.4, 0.5) is 18.9 Å². The van der Waals surface area contributed by atoms with Crippen molar-refractivity contribution in [3.05, 3.63) is 128 Å². The van der Waals surface area contributed by atoms with Crippen molar-refractivity contribution in [1.29, 1.82) is 0 Å². The van der Waals surface area contributed by atoms with E-state index in [1.807, 2.05) is 0 Å². The van der Waals surface area contributed by atoms with Gasteiger partial charge in [-0.25, -0.2) is 9.79 Å². The van der Waals surface area contributed by atoms with Crippen molar-refractivity contribution >= 4 is 52.3 Å². The first kappa shape index (κ1) is 34.7. The van der Waals surface area contributed by atoms with Crippen LogP contribution in [0, 0.1) is 10.1 Å². The van der Waals surface area contributed by atoms with Gasteiger partial charge in [-0.3, -0.25) is 19.5 Å². The Bertz CT molecular complexity index is 2100. The summed E-state index contributed by atoms with van der Waals surface area (Å²) in [6.07, 6.45) is -3.63. The highest BCUT2D eigenvalue weighted by Crippen LogP contribution is 2.39. The summed E-state index contributed by atoms with van der Waals surface area (Å²) in [5, 5.41) is 11.3. The highest BCUT2D eigenvalue weighted by atomic mass is 35.5. The second kappa shape index (κ2) is 14.2. The number of carbonyl (C=O) groups is 1. The number of hydrogen-bond donors (Lipinski definition) is 0. The van der Waals surface area contributed by atoms with Gasteiger partial charge in [-0.1, -0.05) is 46.7 Å². The molecule has 0 spiro atoms. The number of non-ortho nitro benzene ring substituents is 1. The second-order valence-electron chi connectivity index (χ2n) is 10.1. The van der Waals surface area contributed by atoms with Crippen molar-refractivity contribution in [3.8, 4) is 11.5 Å². The van der Waals surface area contributed by atoms with Crippen LogP contribution >= 0.6 is 34.5 Å². The third-order valence-corrected chi connectivity index (χ3v) is 8.46. The molecule has 0 saturated carbocycles. The molecule has 1 aromatic heterocycles. The molecule has 0 fully saturated rings. The van der Waals surface area contributed by atoms with Crippen molar-refractivity contribution in [2.24, 2.45) is 4.99 Å². The lowest BCUT2D eigenvalue weighted by atomic mass is 9.95. The molecular weight excluding hydrogens is 698 g/mol. The van der Waals surface area contributed by atoms with Crippen LogP contribution in [0.15, 0.2) is 81.7 Å². The Balaban J connectivity index is 1.61. The minimum Gasteiger partial charge on any atom is -0.490 e. The Hall–Kier alpha value is -4.66. The maximum Gasteiger partial charge on any atom is 0.434 e. The van der Waals surface area contributed by atoms with Gasteiger partial charge in [0.25, 0.3) is 11.2 Å². The third-order valence-electron chi connectivity index (χ3n) is 6.94. The van der Waals surface area contributed by atoms with Gasteiger partial charge in [0.2, 0.25) is 0 Å². The summed E-state index contributed by atoms with van der Waals surface area (Å²) >= 11 is 13.3. The zero-order chi connectivity index (χ0) is 34.7. The monoisotopic (exact) mass is 721 g/mol. The second-order valence-corrected chi connectivity index (χ2v) is 11.9. The fourth-order valence-electron chi connectivity index (χ4n) is 4.90. The predicted octanol–water partition coefficient (Wildman–Crippen LogP) is 6.53. The maximum atomic E-state index is 14.4. The van der Waals surface area contributed by atoms with Gasteiger partial charge in [0.1, 0.15) is 6.61 Å². The number of allylic oxidation sites excluding steroid dienone is 1. The molecule has 0 saturated heterocycles. The van der Waals surface area contributed by atoms with E-state index in [4.69, 9.17) is 37.4 Å². The van der Waals surface area contributed by atoms with E-state index in [2.05, 4.69) is 4.99 Å². The lowest BCUT2D eigenvalue weighted by Gasteiger charge is -2.26. The summed E-state index contributed by atoms with van der Waals surface area (Å²) < 4.78 is 60.8. The molecule has 0 amide bonds. The molecule has 10 nitrogen and oxygen atoms in total. The van der Waals surface area contributed by atoms with Crippen LogP contribution in [-0.4, -0.2) is 34.8 Å². The van der Waals surface area contributed by atoms with Gasteiger partial charge >= 0.3 is 12.1 Å². The van der Waals surface area contributed by atoms with Crippen LogP contribution in [0.5, 0.6) is 11.5 Å². The number of thiazole rings is 1. The van der Waals surface area contributed by atoms with E-state index in [9.17, 15) is 32.9 Å². The first-order valence-electron chi connectivity index (χ1n) is 14.2. The molecule has 0 bridgehead atoms. The molecule has 1 aliphatic heterocycles. The number of carbonyl (C=O) groups excluding carboxylic acids is 1. The quantitative estimate of drug-likeness (QED) is 0.104. The molecule has 2 heterocycles. The number of ether oxygens (including phenoxy) is 3. The van der Waals surface area contributed by atoms with Crippen molar-refractivity contribution in [1.82, 2.24) is 4.57 Å². The first-order chi connectivity index (χ1) is 22.8. The SMILES string of the molecule is CCOC(=O)C1=C(C(F)(F)F)N=c2s/c(=C\c3cc(Cl)c(OCc4ccc([N+](=O)[O-])cc4)c(OCC)c3)c(=O)n2[C@@H]1c1ccc(Cl)cc1. The number of alkyl halides is 3. The van der Waals surface area contributed by atoms with E-state index in [1.165, 1.54) is 67.6 Å². The van der Waals surface area contributed by atoms with E-state index in [-0.39, 0.29) is 56.9 Å². The number of benzene rings is 3. The smallest absolute Gasteiger partial charge is 0.434 e. The average Bonchev–Trinajstić information content (AvgIpc) is 3.34. The zero-order valence-electron chi connectivity index (χ0n) is 25.0. The van der Waals surface area contributed by atoms with Crippen LogP contribution in [0.1, 0.15) is 36.6 Å². The summed E-state index contributed by atoms with van der Waals surface area (Å²) in [7, 11) is 0. The Labute approximate surface area is 284 Å². The molecule has 0 N–H and O–H groups in total. The zero-order valence-corrected chi connectivity index (χ0v) is 27.4. The van der Waals surface area contributed by atoms with Crippen LogP contribution < -0.4 is 24.4 Å². The summed E-state index contributed by atoms with van der Waals surface area (Å²) in [5.41, 5.74) is -1.92. The normalized spacial score (nSPS) is 14.7. The fraction of sp³-hybridized carbons (Fsp3) is 0.219. The van der Waals surface area contributed by atoms with Crippen molar-refractivity contribution in [2.45, 2.75) is 32.7 Å². The average molecular weight is 723 g/mol.